The van der Waals surface area contributed by atoms with Gasteiger partial charge in [-0.05, 0) is 51.3 Å². The Morgan fingerprint density at radius 2 is 2.11 bits per heavy atom. The molecule has 4 rings (SSSR count). The fourth-order valence-corrected chi connectivity index (χ4v) is 3.77. The second-order valence-electron chi connectivity index (χ2n) is 6.25. The van der Waals surface area contributed by atoms with Gasteiger partial charge in [-0.2, -0.15) is 10.1 Å². The van der Waals surface area contributed by atoms with Crippen molar-refractivity contribution < 1.29 is 14.3 Å². The number of aromatic nitrogens is 3. The molecular weight excluding hydrogens is 448 g/mol. The first kappa shape index (κ1) is 18.8. The number of amides is 1. The number of halogens is 2. The maximum absolute atomic E-state index is 12.0. The molecule has 1 N–H and O–H groups in total. The Hall–Kier alpha value is -2.58. The fourth-order valence-electron chi connectivity index (χ4n) is 3.07. The highest BCUT2D eigenvalue weighted by Crippen LogP contribution is 2.41. The summed E-state index contributed by atoms with van der Waals surface area (Å²) in [5.41, 5.74) is 1.85. The van der Waals surface area contributed by atoms with Crippen molar-refractivity contribution in [2.24, 2.45) is 0 Å². The molecule has 1 aliphatic heterocycles. The van der Waals surface area contributed by atoms with Crippen molar-refractivity contribution in [1.29, 1.82) is 0 Å². The van der Waals surface area contributed by atoms with Gasteiger partial charge in [0.1, 0.15) is 12.9 Å². The maximum atomic E-state index is 12.0. The topological polar surface area (TPSA) is 78.3 Å². The Balaban J connectivity index is 1.63. The van der Waals surface area contributed by atoms with Crippen LogP contribution in [0.2, 0.25) is 5.02 Å². The Kier molecular flexibility index (Phi) is 5.23. The third-order valence-electron chi connectivity index (χ3n) is 4.43. The summed E-state index contributed by atoms with van der Waals surface area (Å²) in [5.74, 6) is 1.47. The summed E-state index contributed by atoms with van der Waals surface area (Å²) in [6.45, 7) is 0.366. The molecule has 0 aliphatic carbocycles. The Morgan fingerprint density at radius 1 is 1.32 bits per heavy atom. The van der Waals surface area contributed by atoms with Crippen LogP contribution in [0, 0.1) is 0 Å². The summed E-state index contributed by atoms with van der Waals surface area (Å²) < 4.78 is 13.9. The number of methoxy groups -OCH3 is 1. The van der Waals surface area contributed by atoms with E-state index in [1.165, 1.54) is 6.33 Å². The first-order valence-electron chi connectivity index (χ1n) is 8.49. The molecule has 144 valence electrons. The van der Waals surface area contributed by atoms with Gasteiger partial charge in [0.25, 0.3) is 0 Å². The van der Waals surface area contributed by atoms with Crippen LogP contribution in [0.15, 0.2) is 47.2 Å². The van der Waals surface area contributed by atoms with Gasteiger partial charge in [0, 0.05) is 5.02 Å². The molecule has 9 heteroatoms. The number of carbonyl (C=O) groups excluding carboxylic acids is 1. The van der Waals surface area contributed by atoms with E-state index in [0.29, 0.717) is 29.1 Å². The number of benzene rings is 2. The smallest absolute Gasteiger partial charge is 0.229 e. The fraction of sp³-hybridized carbons (Fsp3) is 0.211. The largest absolute Gasteiger partial charge is 0.493 e. The average molecular weight is 464 g/mol. The van der Waals surface area contributed by atoms with E-state index < -0.39 is 0 Å². The summed E-state index contributed by atoms with van der Waals surface area (Å²) in [5, 5.41) is 7.62. The van der Waals surface area contributed by atoms with Gasteiger partial charge in [-0.25, -0.2) is 4.68 Å². The van der Waals surface area contributed by atoms with Crippen molar-refractivity contribution in [1.82, 2.24) is 14.8 Å². The van der Waals surface area contributed by atoms with Crippen LogP contribution in [-0.4, -0.2) is 27.8 Å². The molecule has 0 fully saturated rings. The summed E-state index contributed by atoms with van der Waals surface area (Å²) in [4.78, 5) is 16.1. The number of rotatable bonds is 5. The molecule has 1 aliphatic rings. The second kappa shape index (κ2) is 7.81. The lowest BCUT2D eigenvalue weighted by atomic mass is 10.0. The molecule has 2 heterocycles. The van der Waals surface area contributed by atoms with Gasteiger partial charge in [0.15, 0.2) is 11.5 Å². The van der Waals surface area contributed by atoms with E-state index >= 15 is 0 Å². The molecule has 2 aromatic carbocycles. The molecule has 0 saturated carbocycles. The molecule has 28 heavy (non-hydrogen) atoms. The van der Waals surface area contributed by atoms with Crippen molar-refractivity contribution in [3.8, 4) is 11.5 Å². The highest BCUT2D eigenvalue weighted by molar-refractivity contribution is 9.10. The standard InChI is InChI=1S/C19H16BrClN4O3/c1-27-16-7-12(15-8-17(26)24-19-22-10-23-25(15)19)6-14(20)18(16)28-9-11-2-4-13(21)5-3-11/h2-7,10,15H,8-9H2,1H3,(H,22,23,24,26)/t15-/m1/s1. The van der Waals surface area contributed by atoms with Crippen molar-refractivity contribution in [2.75, 3.05) is 12.4 Å². The second-order valence-corrected chi connectivity index (χ2v) is 7.54. The third kappa shape index (κ3) is 3.70. The van der Waals surface area contributed by atoms with Gasteiger partial charge >= 0.3 is 0 Å². The number of hydrogen-bond donors (Lipinski definition) is 1. The molecule has 0 saturated heterocycles. The van der Waals surface area contributed by atoms with E-state index in [1.54, 1.807) is 11.8 Å². The van der Waals surface area contributed by atoms with Crippen LogP contribution in [0.4, 0.5) is 5.95 Å². The summed E-state index contributed by atoms with van der Waals surface area (Å²) in [6, 6.07) is 10.9. The average Bonchev–Trinajstić information content (AvgIpc) is 3.15. The lowest BCUT2D eigenvalue weighted by Crippen LogP contribution is -2.29. The van der Waals surface area contributed by atoms with Gasteiger partial charge in [0.2, 0.25) is 11.9 Å². The van der Waals surface area contributed by atoms with Gasteiger partial charge in [-0.15, -0.1) is 0 Å². The Morgan fingerprint density at radius 3 is 2.86 bits per heavy atom. The van der Waals surface area contributed by atoms with Gasteiger partial charge < -0.3 is 9.47 Å². The number of anilines is 1. The molecule has 3 aromatic rings. The highest BCUT2D eigenvalue weighted by atomic mass is 79.9. The molecule has 1 amide bonds. The first-order chi connectivity index (χ1) is 13.5. The number of fused-ring (bicyclic) bond motifs is 1. The van der Waals surface area contributed by atoms with Crippen LogP contribution in [0.25, 0.3) is 0 Å². The van der Waals surface area contributed by atoms with E-state index in [1.807, 2.05) is 36.4 Å². The number of hydrogen-bond acceptors (Lipinski definition) is 5. The summed E-state index contributed by atoms with van der Waals surface area (Å²) in [6.07, 6.45) is 1.68. The number of ether oxygens (including phenoxy) is 2. The highest BCUT2D eigenvalue weighted by Gasteiger charge is 2.29. The van der Waals surface area contributed by atoms with Gasteiger partial charge in [-0.3, -0.25) is 10.1 Å². The molecule has 7 nitrogen and oxygen atoms in total. The van der Waals surface area contributed by atoms with E-state index in [4.69, 9.17) is 21.1 Å². The van der Waals surface area contributed by atoms with E-state index in [0.717, 1.165) is 15.6 Å². The van der Waals surface area contributed by atoms with Crippen molar-refractivity contribution in [2.45, 2.75) is 19.1 Å². The number of nitrogens with one attached hydrogen (secondary N) is 1. The van der Waals surface area contributed by atoms with Crippen LogP contribution in [0.5, 0.6) is 11.5 Å². The molecule has 1 atom stereocenters. The summed E-state index contributed by atoms with van der Waals surface area (Å²) >= 11 is 9.49. The SMILES string of the molecule is COc1cc([C@H]2CC(=O)Nc3ncnn32)cc(Br)c1OCc1ccc(Cl)cc1. The number of carbonyl (C=O) groups is 1. The van der Waals surface area contributed by atoms with Crippen molar-refractivity contribution >= 4 is 39.4 Å². The van der Waals surface area contributed by atoms with E-state index in [-0.39, 0.29) is 18.4 Å². The van der Waals surface area contributed by atoms with Crippen LogP contribution in [0.3, 0.4) is 0 Å². The van der Waals surface area contributed by atoms with Crippen LogP contribution in [0.1, 0.15) is 23.6 Å². The van der Waals surface area contributed by atoms with Crippen LogP contribution >= 0.6 is 27.5 Å². The van der Waals surface area contributed by atoms with Gasteiger partial charge in [-0.1, -0.05) is 23.7 Å². The predicted octanol–water partition coefficient (Wildman–Crippen LogP) is 4.21. The lowest BCUT2D eigenvalue weighted by molar-refractivity contribution is -0.117. The van der Waals surface area contributed by atoms with E-state index in [9.17, 15) is 4.79 Å². The number of nitrogens with zero attached hydrogens (tertiary/aromatic N) is 3. The van der Waals surface area contributed by atoms with Gasteiger partial charge in [0.05, 0.1) is 24.0 Å². The molecular formula is C19H16BrClN4O3. The van der Waals surface area contributed by atoms with Crippen molar-refractivity contribution in [3.63, 3.8) is 0 Å². The molecule has 0 unspecified atom stereocenters. The minimum atomic E-state index is -0.276. The normalized spacial score (nSPS) is 15.7. The maximum Gasteiger partial charge on any atom is 0.229 e. The minimum absolute atomic E-state index is 0.108. The quantitative estimate of drug-likeness (QED) is 0.613. The Labute approximate surface area is 174 Å². The lowest BCUT2D eigenvalue weighted by Gasteiger charge is -2.25. The minimum Gasteiger partial charge on any atom is -0.493 e. The Bertz CT molecular complexity index is 1020. The predicted molar refractivity (Wildman–Crippen MR) is 108 cm³/mol. The van der Waals surface area contributed by atoms with Crippen molar-refractivity contribution in [3.05, 3.63) is 63.3 Å². The zero-order valence-corrected chi connectivity index (χ0v) is 17.2. The van der Waals surface area contributed by atoms with Crippen LogP contribution in [-0.2, 0) is 11.4 Å². The third-order valence-corrected chi connectivity index (χ3v) is 5.27. The van der Waals surface area contributed by atoms with E-state index in [2.05, 4.69) is 31.3 Å². The molecule has 0 spiro atoms. The molecule has 0 radical (unpaired) electrons. The zero-order chi connectivity index (χ0) is 19.7. The monoisotopic (exact) mass is 462 g/mol. The zero-order valence-electron chi connectivity index (χ0n) is 14.9. The summed E-state index contributed by atoms with van der Waals surface area (Å²) in [7, 11) is 1.58. The van der Waals surface area contributed by atoms with Crippen LogP contribution < -0.4 is 14.8 Å². The molecule has 0 bridgehead atoms. The molecule has 1 aromatic heterocycles. The first-order valence-corrected chi connectivity index (χ1v) is 9.66.